The van der Waals surface area contributed by atoms with Gasteiger partial charge >= 0.3 is 0 Å². The monoisotopic (exact) mass is 251 g/mol. The van der Waals surface area contributed by atoms with Crippen LogP contribution in [0.3, 0.4) is 0 Å². The van der Waals surface area contributed by atoms with Gasteiger partial charge in [-0.15, -0.1) is 0 Å². The zero-order valence-corrected chi connectivity index (χ0v) is 10.7. The first-order valence-corrected chi connectivity index (χ1v) is 6.71. The summed E-state index contributed by atoms with van der Waals surface area (Å²) in [4.78, 5) is 0. The molecule has 0 spiro atoms. The second kappa shape index (κ2) is 6.68. The maximum absolute atomic E-state index is 8.40. The molecule has 0 atom stereocenters. The Hall–Kier alpha value is -1.98. The lowest BCUT2D eigenvalue weighted by atomic mass is 10.0. The van der Waals surface area contributed by atoms with E-state index in [1.54, 1.807) is 0 Å². The number of thiocyanates is 1. The van der Waals surface area contributed by atoms with Crippen molar-refractivity contribution in [2.45, 2.75) is 0 Å². The Labute approximate surface area is 112 Å². The first kappa shape index (κ1) is 12.5. The van der Waals surface area contributed by atoms with E-state index in [2.05, 4.69) is 36.4 Å². The molecule has 0 aliphatic heterocycles. The standard InChI is InChI=1S/C16H13NS/c17-13-18-12-4-5-14-8-10-16(11-9-14)15-6-2-1-3-7-15/h1-11H,12H2/b5-4+. The molecule has 2 aromatic rings. The van der Waals surface area contributed by atoms with Gasteiger partial charge in [-0.05, 0) is 28.5 Å². The van der Waals surface area contributed by atoms with Crippen molar-refractivity contribution in [2.24, 2.45) is 0 Å². The van der Waals surface area contributed by atoms with Gasteiger partial charge in [0.25, 0.3) is 0 Å². The maximum Gasteiger partial charge on any atom is 0.133 e. The van der Waals surface area contributed by atoms with Gasteiger partial charge in [0.2, 0.25) is 0 Å². The third-order valence-corrected chi connectivity index (χ3v) is 3.06. The molecule has 2 aromatic carbocycles. The average molecular weight is 251 g/mol. The lowest BCUT2D eigenvalue weighted by molar-refractivity contribution is 1.57. The summed E-state index contributed by atoms with van der Waals surface area (Å²) in [5, 5.41) is 10.5. The molecular formula is C16H13NS. The summed E-state index contributed by atoms with van der Waals surface area (Å²) in [7, 11) is 0. The van der Waals surface area contributed by atoms with Crippen LogP contribution in [0.25, 0.3) is 17.2 Å². The molecule has 0 aliphatic rings. The highest BCUT2D eigenvalue weighted by Crippen LogP contribution is 2.19. The number of nitrogens with zero attached hydrogens (tertiary/aromatic N) is 1. The molecule has 0 saturated carbocycles. The number of hydrogen-bond acceptors (Lipinski definition) is 2. The number of rotatable bonds is 4. The first-order valence-electron chi connectivity index (χ1n) is 5.73. The Morgan fingerprint density at radius 1 is 0.944 bits per heavy atom. The predicted octanol–water partition coefficient (Wildman–Crippen LogP) is 4.58. The molecule has 0 aromatic heterocycles. The molecular weight excluding hydrogens is 238 g/mol. The largest absolute Gasteiger partial charge is 0.185 e. The summed E-state index contributed by atoms with van der Waals surface area (Å²) in [5.74, 6) is 0.733. The summed E-state index contributed by atoms with van der Waals surface area (Å²) < 4.78 is 0. The van der Waals surface area contributed by atoms with Crippen molar-refractivity contribution >= 4 is 17.8 Å². The summed E-state index contributed by atoms with van der Waals surface area (Å²) in [6.45, 7) is 0. The molecule has 0 saturated heterocycles. The lowest BCUT2D eigenvalue weighted by Crippen LogP contribution is -1.78. The smallest absolute Gasteiger partial charge is 0.133 e. The van der Waals surface area contributed by atoms with Crippen LogP contribution in [-0.2, 0) is 0 Å². The zero-order chi connectivity index (χ0) is 12.6. The number of nitriles is 1. The van der Waals surface area contributed by atoms with Crippen LogP contribution in [0, 0.1) is 10.7 Å². The Morgan fingerprint density at radius 2 is 1.61 bits per heavy atom. The Balaban J connectivity index is 2.07. The van der Waals surface area contributed by atoms with E-state index in [-0.39, 0.29) is 0 Å². The van der Waals surface area contributed by atoms with Crippen LogP contribution in [-0.4, -0.2) is 5.75 Å². The van der Waals surface area contributed by atoms with Crippen LogP contribution >= 0.6 is 11.8 Å². The fourth-order valence-electron chi connectivity index (χ4n) is 1.69. The van der Waals surface area contributed by atoms with Gasteiger partial charge in [-0.3, -0.25) is 0 Å². The van der Waals surface area contributed by atoms with Crippen molar-refractivity contribution in [3.63, 3.8) is 0 Å². The molecule has 0 heterocycles. The molecule has 18 heavy (non-hydrogen) atoms. The van der Waals surface area contributed by atoms with Crippen molar-refractivity contribution in [2.75, 3.05) is 5.75 Å². The molecule has 1 nitrogen and oxygen atoms in total. The molecule has 2 rings (SSSR count). The van der Waals surface area contributed by atoms with Gasteiger partial charge in [-0.2, -0.15) is 5.26 Å². The Bertz CT molecular complexity index is 550. The minimum atomic E-state index is 0.733. The van der Waals surface area contributed by atoms with Gasteiger partial charge in [-0.25, -0.2) is 0 Å². The van der Waals surface area contributed by atoms with Gasteiger partial charge in [0.15, 0.2) is 0 Å². The fourth-order valence-corrected chi connectivity index (χ4v) is 1.95. The van der Waals surface area contributed by atoms with Crippen LogP contribution in [0.15, 0.2) is 60.7 Å². The summed E-state index contributed by atoms with van der Waals surface area (Å²) in [6, 6.07) is 18.7. The van der Waals surface area contributed by atoms with E-state index in [4.69, 9.17) is 5.26 Å². The highest BCUT2D eigenvalue weighted by Gasteiger charge is 1.95. The van der Waals surface area contributed by atoms with Gasteiger partial charge in [0.1, 0.15) is 5.40 Å². The number of hydrogen-bond donors (Lipinski definition) is 0. The van der Waals surface area contributed by atoms with E-state index in [1.165, 1.54) is 22.9 Å². The highest BCUT2D eigenvalue weighted by atomic mass is 32.2. The topological polar surface area (TPSA) is 23.8 Å². The molecule has 88 valence electrons. The molecule has 0 N–H and O–H groups in total. The van der Waals surface area contributed by atoms with E-state index >= 15 is 0 Å². The normalized spacial score (nSPS) is 10.4. The van der Waals surface area contributed by atoms with Gasteiger partial charge < -0.3 is 0 Å². The van der Waals surface area contributed by atoms with E-state index in [1.807, 2.05) is 35.8 Å². The van der Waals surface area contributed by atoms with Crippen LogP contribution in [0.2, 0.25) is 0 Å². The van der Waals surface area contributed by atoms with Crippen LogP contribution in [0.5, 0.6) is 0 Å². The first-order chi connectivity index (χ1) is 8.90. The average Bonchev–Trinajstić information content (AvgIpc) is 2.45. The quantitative estimate of drug-likeness (QED) is 0.586. The second-order valence-electron chi connectivity index (χ2n) is 3.79. The lowest BCUT2D eigenvalue weighted by Gasteiger charge is -2.01. The van der Waals surface area contributed by atoms with Gasteiger partial charge in [0, 0.05) is 5.75 Å². The molecule has 0 bridgehead atoms. The fraction of sp³-hybridized carbons (Fsp3) is 0.0625. The summed E-state index contributed by atoms with van der Waals surface area (Å²) >= 11 is 1.25. The van der Waals surface area contributed by atoms with E-state index in [0.29, 0.717) is 0 Å². The molecule has 0 radical (unpaired) electrons. The van der Waals surface area contributed by atoms with Gasteiger partial charge in [-0.1, -0.05) is 66.7 Å². The predicted molar refractivity (Wildman–Crippen MR) is 79.0 cm³/mol. The zero-order valence-electron chi connectivity index (χ0n) is 9.91. The van der Waals surface area contributed by atoms with Crippen molar-refractivity contribution in [1.29, 1.82) is 5.26 Å². The van der Waals surface area contributed by atoms with Crippen LogP contribution in [0.1, 0.15) is 5.56 Å². The third kappa shape index (κ3) is 3.51. The SMILES string of the molecule is N#CSC/C=C/c1ccc(-c2ccccc2)cc1. The van der Waals surface area contributed by atoms with E-state index in [9.17, 15) is 0 Å². The van der Waals surface area contributed by atoms with Gasteiger partial charge in [0.05, 0.1) is 0 Å². The van der Waals surface area contributed by atoms with E-state index < -0.39 is 0 Å². The Morgan fingerprint density at radius 3 is 2.28 bits per heavy atom. The molecule has 0 amide bonds. The Kier molecular flexibility index (Phi) is 4.63. The molecule has 0 unspecified atom stereocenters. The highest BCUT2D eigenvalue weighted by molar-refractivity contribution is 8.03. The van der Waals surface area contributed by atoms with Crippen LogP contribution in [0.4, 0.5) is 0 Å². The van der Waals surface area contributed by atoms with E-state index in [0.717, 1.165) is 11.3 Å². The maximum atomic E-state index is 8.40. The second-order valence-corrected chi connectivity index (χ2v) is 4.60. The minimum absolute atomic E-state index is 0.733. The molecule has 0 aliphatic carbocycles. The van der Waals surface area contributed by atoms with Crippen molar-refractivity contribution in [3.8, 4) is 16.5 Å². The summed E-state index contributed by atoms with van der Waals surface area (Å²) in [5.41, 5.74) is 3.61. The molecule has 0 fully saturated rings. The number of thioether (sulfide) groups is 1. The summed E-state index contributed by atoms with van der Waals surface area (Å²) in [6.07, 6.45) is 4.05. The van der Waals surface area contributed by atoms with Crippen molar-refractivity contribution < 1.29 is 0 Å². The molecule has 2 heteroatoms. The van der Waals surface area contributed by atoms with Crippen molar-refractivity contribution in [1.82, 2.24) is 0 Å². The number of benzene rings is 2. The van der Waals surface area contributed by atoms with Crippen molar-refractivity contribution in [3.05, 3.63) is 66.2 Å². The minimum Gasteiger partial charge on any atom is -0.185 e. The third-order valence-electron chi connectivity index (χ3n) is 2.57. The van der Waals surface area contributed by atoms with Crippen LogP contribution < -0.4 is 0 Å².